The second-order valence-corrected chi connectivity index (χ2v) is 8.29. The molecule has 0 saturated heterocycles. The van der Waals surface area contributed by atoms with Gasteiger partial charge in [-0.05, 0) is 63.1 Å². The van der Waals surface area contributed by atoms with Crippen molar-refractivity contribution in [2.24, 2.45) is 0 Å². The average molecular weight is 405 g/mol. The summed E-state index contributed by atoms with van der Waals surface area (Å²) in [7, 11) is 0. The SMILES string of the molecule is CCN(C(=O)c1cc2c(=O)n(CC)c3ccccc3c2s1)c1ccc(C)c(C)c1. The molecule has 148 valence electrons. The van der Waals surface area contributed by atoms with Crippen LogP contribution in [0.15, 0.2) is 53.3 Å². The van der Waals surface area contributed by atoms with E-state index in [0.717, 1.165) is 26.9 Å². The Labute approximate surface area is 174 Å². The Morgan fingerprint density at radius 1 is 1.00 bits per heavy atom. The highest BCUT2D eigenvalue weighted by atomic mass is 32.1. The number of aryl methyl sites for hydroxylation is 3. The number of para-hydroxylation sites is 1. The van der Waals surface area contributed by atoms with Gasteiger partial charge in [-0.25, -0.2) is 0 Å². The number of amides is 1. The second-order valence-electron chi connectivity index (χ2n) is 7.24. The van der Waals surface area contributed by atoms with Gasteiger partial charge in [0.05, 0.1) is 15.8 Å². The molecule has 0 fully saturated rings. The Balaban J connectivity index is 1.88. The van der Waals surface area contributed by atoms with E-state index in [-0.39, 0.29) is 11.5 Å². The van der Waals surface area contributed by atoms with Crippen molar-refractivity contribution in [2.45, 2.75) is 34.2 Å². The second kappa shape index (κ2) is 7.48. The maximum Gasteiger partial charge on any atom is 0.268 e. The zero-order valence-corrected chi connectivity index (χ0v) is 18.0. The summed E-state index contributed by atoms with van der Waals surface area (Å²) in [5.74, 6) is -0.0662. The molecule has 0 N–H and O–H groups in total. The number of aromatic nitrogens is 1. The lowest BCUT2D eigenvalue weighted by atomic mass is 10.1. The van der Waals surface area contributed by atoms with E-state index in [9.17, 15) is 9.59 Å². The molecule has 2 aromatic carbocycles. The van der Waals surface area contributed by atoms with Gasteiger partial charge in [-0.2, -0.15) is 0 Å². The molecule has 2 aromatic heterocycles. The van der Waals surface area contributed by atoms with Crippen LogP contribution in [0.1, 0.15) is 34.6 Å². The van der Waals surface area contributed by atoms with Crippen LogP contribution in [0, 0.1) is 13.8 Å². The van der Waals surface area contributed by atoms with Gasteiger partial charge < -0.3 is 9.47 Å². The van der Waals surface area contributed by atoms with Crippen molar-refractivity contribution in [2.75, 3.05) is 11.4 Å². The summed E-state index contributed by atoms with van der Waals surface area (Å²) >= 11 is 1.41. The number of carbonyl (C=O) groups excluding carboxylic acids is 1. The van der Waals surface area contributed by atoms with E-state index in [1.165, 1.54) is 16.9 Å². The normalized spacial score (nSPS) is 11.3. The molecule has 0 saturated carbocycles. The standard InChI is InChI=1S/C24H24N2O2S/c1-5-25(17-12-11-15(3)16(4)13-17)24(28)21-14-19-22(29-21)18-9-7-8-10-20(18)26(6-2)23(19)27/h7-14H,5-6H2,1-4H3. The van der Waals surface area contributed by atoms with E-state index in [4.69, 9.17) is 0 Å². The number of hydrogen-bond acceptors (Lipinski definition) is 3. The molecule has 0 atom stereocenters. The molecule has 0 spiro atoms. The molecule has 0 unspecified atom stereocenters. The number of thiophene rings is 1. The van der Waals surface area contributed by atoms with Crippen molar-refractivity contribution in [1.82, 2.24) is 4.57 Å². The fourth-order valence-corrected chi connectivity index (χ4v) is 4.93. The number of carbonyl (C=O) groups is 1. The van der Waals surface area contributed by atoms with Gasteiger partial charge in [0.15, 0.2) is 0 Å². The third-order valence-corrected chi connectivity index (χ3v) is 6.69. The van der Waals surface area contributed by atoms with E-state index in [1.54, 1.807) is 15.5 Å². The number of benzene rings is 2. The molecule has 0 aliphatic heterocycles. The Hall–Kier alpha value is -2.92. The zero-order chi connectivity index (χ0) is 20.7. The molecule has 0 aliphatic rings. The highest BCUT2D eigenvalue weighted by molar-refractivity contribution is 7.21. The van der Waals surface area contributed by atoms with Gasteiger partial charge in [0.1, 0.15) is 0 Å². The summed E-state index contributed by atoms with van der Waals surface area (Å²) in [6, 6.07) is 15.7. The van der Waals surface area contributed by atoms with E-state index in [0.29, 0.717) is 23.4 Å². The van der Waals surface area contributed by atoms with Crippen LogP contribution in [-0.2, 0) is 6.54 Å². The van der Waals surface area contributed by atoms with E-state index in [1.807, 2.05) is 56.3 Å². The lowest BCUT2D eigenvalue weighted by molar-refractivity contribution is 0.0992. The molecule has 1 amide bonds. The van der Waals surface area contributed by atoms with Gasteiger partial charge in [-0.1, -0.05) is 24.3 Å². The van der Waals surface area contributed by atoms with Gasteiger partial charge in [0.25, 0.3) is 11.5 Å². The van der Waals surface area contributed by atoms with Gasteiger partial charge in [0, 0.05) is 28.9 Å². The largest absolute Gasteiger partial charge is 0.308 e. The summed E-state index contributed by atoms with van der Waals surface area (Å²) in [5.41, 5.74) is 4.11. The van der Waals surface area contributed by atoms with Crippen molar-refractivity contribution in [3.05, 3.63) is 74.9 Å². The monoisotopic (exact) mass is 404 g/mol. The van der Waals surface area contributed by atoms with Crippen LogP contribution in [0.5, 0.6) is 0 Å². The quantitative estimate of drug-likeness (QED) is 0.449. The third-order valence-electron chi connectivity index (χ3n) is 5.54. The van der Waals surface area contributed by atoms with Crippen molar-refractivity contribution in [1.29, 1.82) is 0 Å². The summed E-state index contributed by atoms with van der Waals surface area (Å²) in [6.07, 6.45) is 0. The third kappa shape index (κ3) is 3.15. The topological polar surface area (TPSA) is 42.3 Å². The van der Waals surface area contributed by atoms with Crippen molar-refractivity contribution in [3.63, 3.8) is 0 Å². The molecule has 29 heavy (non-hydrogen) atoms. The molecule has 4 rings (SSSR count). The number of hydrogen-bond donors (Lipinski definition) is 0. The fraction of sp³-hybridized carbons (Fsp3) is 0.250. The molecule has 2 heterocycles. The van der Waals surface area contributed by atoms with E-state index >= 15 is 0 Å². The number of fused-ring (bicyclic) bond motifs is 3. The first-order valence-electron chi connectivity index (χ1n) is 9.90. The van der Waals surface area contributed by atoms with Crippen molar-refractivity contribution in [3.8, 4) is 0 Å². The van der Waals surface area contributed by atoms with Gasteiger partial charge in [0.2, 0.25) is 0 Å². The molecule has 4 aromatic rings. The Kier molecular flexibility index (Phi) is 5.01. The highest BCUT2D eigenvalue weighted by Gasteiger charge is 2.21. The Morgan fingerprint density at radius 3 is 2.45 bits per heavy atom. The molecule has 0 bridgehead atoms. The van der Waals surface area contributed by atoms with Crippen LogP contribution in [0.3, 0.4) is 0 Å². The number of anilines is 1. The average Bonchev–Trinajstić information content (AvgIpc) is 3.18. The minimum Gasteiger partial charge on any atom is -0.308 e. The number of pyridine rings is 1. The summed E-state index contributed by atoms with van der Waals surface area (Å²) < 4.78 is 2.66. The van der Waals surface area contributed by atoms with Crippen LogP contribution < -0.4 is 10.5 Å². The molecule has 5 heteroatoms. The molecule has 0 radical (unpaired) electrons. The maximum absolute atomic E-state index is 13.4. The zero-order valence-electron chi connectivity index (χ0n) is 17.2. The maximum atomic E-state index is 13.4. The van der Waals surface area contributed by atoms with Gasteiger partial charge >= 0.3 is 0 Å². The minimum atomic E-state index is -0.0662. The van der Waals surface area contributed by atoms with Crippen LogP contribution in [0.2, 0.25) is 0 Å². The van der Waals surface area contributed by atoms with Crippen LogP contribution in [0.4, 0.5) is 5.69 Å². The highest BCUT2D eigenvalue weighted by Crippen LogP contribution is 2.32. The fourth-order valence-electron chi connectivity index (χ4n) is 3.80. The minimum absolute atomic E-state index is 0.0364. The van der Waals surface area contributed by atoms with Gasteiger partial charge in [-0.3, -0.25) is 9.59 Å². The van der Waals surface area contributed by atoms with Crippen LogP contribution in [0.25, 0.3) is 21.0 Å². The smallest absolute Gasteiger partial charge is 0.268 e. The summed E-state index contributed by atoms with van der Waals surface area (Å²) in [6.45, 7) is 9.22. The summed E-state index contributed by atoms with van der Waals surface area (Å²) in [5, 5.41) is 1.64. The first-order chi connectivity index (χ1) is 14.0. The van der Waals surface area contributed by atoms with Crippen LogP contribution >= 0.6 is 11.3 Å². The molecule has 0 aliphatic carbocycles. The molecular formula is C24H24N2O2S. The predicted octanol–water partition coefficient (Wildman–Crippen LogP) is 5.52. The lowest BCUT2D eigenvalue weighted by Crippen LogP contribution is -2.30. The first kappa shape index (κ1) is 19.4. The lowest BCUT2D eigenvalue weighted by Gasteiger charge is -2.21. The number of rotatable bonds is 4. The van der Waals surface area contributed by atoms with Crippen molar-refractivity contribution < 1.29 is 4.79 Å². The Morgan fingerprint density at radius 2 is 1.76 bits per heavy atom. The number of nitrogens with zero attached hydrogens (tertiary/aromatic N) is 2. The van der Waals surface area contributed by atoms with Gasteiger partial charge in [-0.15, -0.1) is 11.3 Å². The van der Waals surface area contributed by atoms with Crippen molar-refractivity contribution >= 4 is 43.9 Å². The Bertz CT molecular complexity index is 1300. The van der Waals surface area contributed by atoms with E-state index < -0.39 is 0 Å². The first-order valence-corrected chi connectivity index (χ1v) is 10.7. The predicted molar refractivity (Wildman–Crippen MR) is 123 cm³/mol. The summed E-state index contributed by atoms with van der Waals surface area (Å²) in [4.78, 5) is 28.8. The van der Waals surface area contributed by atoms with E-state index in [2.05, 4.69) is 13.8 Å². The van der Waals surface area contributed by atoms with Crippen LogP contribution in [-0.4, -0.2) is 17.0 Å². The molecular weight excluding hydrogens is 380 g/mol. The molecule has 4 nitrogen and oxygen atoms in total.